The Bertz CT molecular complexity index is 1940. The summed E-state index contributed by atoms with van der Waals surface area (Å²) in [6.07, 6.45) is 8.87. The van der Waals surface area contributed by atoms with Gasteiger partial charge in [-0.2, -0.15) is 0 Å². The zero-order chi connectivity index (χ0) is 32.8. The van der Waals surface area contributed by atoms with Gasteiger partial charge in [0.25, 0.3) is 0 Å². The van der Waals surface area contributed by atoms with Crippen LogP contribution in [0.1, 0.15) is 79.4 Å². The molecule has 4 fully saturated rings. The molecule has 6 aliphatic rings. The summed E-state index contributed by atoms with van der Waals surface area (Å²) in [7, 11) is 5.56. The second-order valence-corrected chi connectivity index (χ2v) is 15.5. The van der Waals surface area contributed by atoms with Crippen LogP contribution in [0.3, 0.4) is 0 Å². The van der Waals surface area contributed by atoms with Crippen molar-refractivity contribution in [3.05, 3.63) is 76.1 Å². The summed E-state index contributed by atoms with van der Waals surface area (Å²) in [4.78, 5) is 27.1. The summed E-state index contributed by atoms with van der Waals surface area (Å²) in [6, 6.07) is 13.9. The number of rotatable bonds is 4. The lowest BCUT2D eigenvalue weighted by Crippen LogP contribution is -2.56. The van der Waals surface area contributed by atoms with Gasteiger partial charge in [0.2, 0.25) is 0 Å². The van der Waals surface area contributed by atoms with Crippen LogP contribution in [0, 0.1) is 23.7 Å². The minimum absolute atomic E-state index is 0.0187. The number of methoxy groups -OCH3 is 2. The quantitative estimate of drug-likeness (QED) is 0.182. The minimum atomic E-state index is -0.244. The van der Waals surface area contributed by atoms with E-state index in [1.165, 1.54) is 75.7 Å². The predicted octanol–water partition coefficient (Wildman–Crippen LogP) is 7.16. The molecular formula is C41H50N4O3. The Hall–Kier alpha value is -3.55. The first kappa shape index (κ1) is 30.5. The monoisotopic (exact) mass is 646 g/mol. The van der Waals surface area contributed by atoms with Gasteiger partial charge in [0.05, 0.1) is 20.1 Å². The van der Waals surface area contributed by atoms with E-state index in [4.69, 9.17) is 9.47 Å². The topological polar surface area (TPSA) is 73.6 Å². The molecule has 6 bridgehead atoms. The van der Waals surface area contributed by atoms with Crippen LogP contribution in [0.2, 0.25) is 0 Å². The van der Waals surface area contributed by atoms with Crippen molar-refractivity contribution in [3.8, 4) is 5.75 Å². The van der Waals surface area contributed by atoms with E-state index in [1.54, 1.807) is 7.11 Å². The van der Waals surface area contributed by atoms with Crippen molar-refractivity contribution in [3.63, 3.8) is 0 Å². The fraction of sp³-hybridized carbons (Fsp3) is 0.537. The largest absolute Gasteiger partial charge is 0.496 e. The first-order valence-corrected chi connectivity index (χ1v) is 18.4. The van der Waals surface area contributed by atoms with Crippen molar-refractivity contribution >= 4 is 27.8 Å². The lowest BCUT2D eigenvalue weighted by atomic mass is 9.65. The Kier molecular flexibility index (Phi) is 7.32. The molecule has 9 atom stereocenters. The fourth-order valence-electron chi connectivity index (χ4n) is 11.5. The molecule has 7 heteroatoms. The third kappa shape index (κ3) is 4.35. The molecule has 10 rings (SSSR count). The number of likely N-dealkylation sites (tertiary alicyclic amines) is 1. The highest BCUT2D eigenvalue weighted by atomic mass is 16.5. The number of benzene rings is 2. The lowest BCUT2D eigenvalue weighted by Gasteiger charge is -2.53. The molecule has 2 N–H and O–H groups in total. The zero-order valence-electron chi connectivity index (χ0n) is 29.1. The number of aromatic nitrogens is 2. The number of piperidine rings is 3. The number of para-hydroxylation sites is 1. The summed E-state index contributed by atoms with van der Waals surface area (Å²) in [5.41, 5.74) is 10.6. The highest BCUT2D eigenvalue weighted by molar-refractivity contribution is 5.93. The molecule has 7 nitrogen and oxygen atoms in total. The Labute approximate surface area is 284 Å². The average Bonchev–Trinajstić information content (AvgIpc) is 3.64. The van der Waals surface area contributed by atoms with Crippen LogP contribution in [-0.4, -0.2) is 78.7 Å². The molecule has 2 aromatic carbocycles. The third-order valence-corrected chi connectivity index (χ3v) is 13.5. The summed E-state index contributed by atoms with van der Waals surface area (Å²) >= 11 is 0. The molecule has 2 aliphatic carbocycles. The molecule has 252 valence electrons. The molecule has 4 aliphatic heterocycles. The summed E-state index contributed by atoms with van der Waals surface area (Å²) in [6.45, 7) is 7.78. The zero-order valence-corrected chi connectivity index (χ0v) is 29.1. The standard InChI is InChI=1S/C41H50N4O3/c1-6-23-16-22-17-30-38-26(14-15-45(20-22)40(23)30)35-32(43-38)12-13-34(47-4)37(35)29-18-27-24(7-2)21-44(3)33(36(27)41(46)48-5)19-28-25-10-8-9-11-31(25)42-39(28)29/h7-13,22-23,27,29-30,33,36,40,42-43H,6,14-21H2,1-5H3/b24-7-/t22-,23-,27+,29+,30-,33-,36-,40-/m0/s1. The number of H-pyrrole nitrogens is 2. The highest BCUT2D eigenvalue weighted by Crippen LogP contribution is 2.54. The average molecular weight is 647 g/mol. The molecule has 4 aromatic rings. The van der Waals surface area contributed by atoms with Crippen LogP contribution < -0.4 is 4.74 Å². The normalized spacial score (nSPS) is 33.6. The maximum Gasteiger partial charge on any atom is 0.310 e. The summed E-state index contributed by atoms with van der Waals surface area (Å²) in [5.74, 6) is 2.82. The molecule has 48 heavy (non-hydrogen) atoms. The number of nitrogens with one attached hydrogen (secondary N) is 2. The van der Waals surface area contributed by atoms with Gasteiger partial charge >= 0.3 is 5.97 Å². The van der Waals surface area contributed by atoms with E-state index < -0.39 is 0 Å². The number of esters is 1. The van der Waals surface area contributed by atoms with Gasteiger partial charge in [-0.15, -0.1) is 0 Å². The Balaban J connectivity index is 1.30. The van der Waals surface area contributed by atoms with E-state index in [2.05, 4.69) is 83.1 Å². The minimum Gasteiger partial charge on any atom is -0.496 e. The molecule has 0 amide bonds. The van der Waals surface area contributed by atoms with Gasteiger partial charge in [-0.05, 0) is 93.2 Å². The van der Waals surface area contributed by atoms with Gasteiger partial charge in [-0.25, -0.2) is 0 Å². The van der Waals surface area contributed by atoms with Crippen molar-refractivity contribution in [2.75, 3.05) is 40.9 Å². The lowest BCUT2D eigenvalue weighted by molar-refractivity contribution is -0.151. The molecule has 0 radical (unpaired) electrons. The van der Waals surface area contributed by atoms with Crippen LogP contribution in [0.25, 0.3) is 21.8 Å². The van der Waals surface area contributed by atoms with Crippen molar-refractivity contribution in [2.45, 2.75) is 76.3 Å². The van der Waals surface area contributed by atoms with Crippen molar-refractivity contribution in [1.82, 2.24) is 19.8 Å². The van der Waals surface area contributed by atoms with Crippen molar-refractivity contribution < 1.29 is 14.3 Å². The molecule has 6 heterocycles. The van der Waals surface area contributed by atoms with Crippen molar-refractivity contribution in [2.24, 2.45) is 23.7 Å². The first-order chi connectivity index (χ1) is 23.4. The number of hydrogen-bond donors (Lipinski definition) is 2. The SMILES string of the molecule is C/C=C1/CN(C)[C@H]2Cc3c([nH]c4ccccc34)[C@@H](c3c(OC)ccc4[nH]c5c(c34)CCN3C[C@H]4C[C@H](CC)[C@H]3[C@H]5C4)C[C@H]1[C@@H]2C(=O)OC. The fourth-order valence-corrected chi connectivity index (χ4v) is 11.5. The maximum atomic E-state index is 13.8. The second kappa shape index (κ2) is 11.5. The molecule has 0 spiro atoms. The van der Waals surface area contributed by atoms with Crippen molar-refractivity contribution in [1.29, 1.82) is 0 Å². The van der Waals surface area contributed by atoms with Gasteiger partial charge < -0.3 is 19.4 Å². The van der Waals surface area contributed by atoms with Gasteiger partial charge in [0.15, 0.2) is 0 Å². The van der Waals surface area contributed by atoms with E-state index >= 15 is 0 Å². The number of carbonyl (C=O) groups is 1. The van der Waals surface area contributed by atoms with Crippen LogP contribution in [-0.2, 0) is 22.4 Å². The Morgan fingerprint density at radius 1 is 1.00 bits per heavy atom. The molecule has 1 saturated carbocycles. The van der Waals surface area contributed by atoms with Gasteiger partial charge in [-0.1, -0.05) is 43.2 Å². The van der Waals surface area contributed by atoms with E-state index in [1.807, 2.05) is 7.11 Å². The van der Waals surface area contributed by atoms with Gasteiger partial charge in [-0.3, -0.25) is 14.6 Å². The van der Waals surface area contributed by atoms with Gasteiger partial charge in [0, 0.05) is 82.3 Å². The number of nitrogens with zero attached hydrogens (tertiary/aromatic N) is 2. The molecule has 1 unspecified atom stereocenters. The molecule has 2 aromatic heterocycles. The van der Waals surface area contributed by atoms with Gasteiger partial charge in [0.1, 0.15) is 5.75 Å². The number of ether oxygens (including phenoxy) is 2. The molecular weight excluding hydrogens is 596 g/mol. The number of fused-ring (bicyclic) bond motifs is 9. The maximum absolute atomic E-state index is 13.8. The van der Waals surface area contributed by atoms with Crippen LogP contribution in [0.5, 0.6) is 5.75 Å². The first-order valence-electron chi connectivity index (χ1n) is 18.4. The predicted molar refractivity (Wildman–Crippen MR) is 191 cm³/mol. The number of allylic oxidation sites excluding steroid dienone is 1. The highest BCUT2D eigenvalue weighted by Gasteiger charge is 2.50. The van der Waals surface area contributed by atoms with E-state index in [0.29, 0.717) is 12.0 Å². The smallest absolute Gasteiger partial charge is 0.310 e. The second-order valence-electron chi connectivity index (χ2n) is 15.5. The number of likely N-dealkylation sites (N-methyl/N-ethyl adjacent to an activating group) is 1. The summed E-state index contributed by atoms with van der Waals surface area (Å²) < 4.78 is 11.9. The third-order valence-electron chi connectivity index (χ3n) is 13.5. The van der Waals surface area contributed by atoms with Crippen LogP contribution >= 0.6 is 0 Å². The van der Waals surface area contributed by atoms with E-state index in [-0.39, 0.29) is 29.8 Å². The van der Waals surface area contributed by atoms with E-state index in [9.17, 15) is 4.79 Å². The number of carbonyl (C=O) groups excluding carboxylic acids is 1. The molecule has 3 saturated heterocycles. The Morgan fingerprint density at radius 2 is 1.83 bits per heavy atom. The van der Waals surface area contributed by atoms with E-state index in [0.717, 1.165) is 55.5 Å². The van der Waals surface area contributed by atoms with Crippen LogP contribution in [0.4, 0.5) is 0 Å². The number of aromatic amines is 2. The number of hydrogen-bond acceptors (Lipinski definition) is 5. The summed E-state index contributed by atoms with van der Waals surface area (Å²) in [5, 5.41) is 2.62. The Morgan fingerprint density at radius 3 is 2.62 bits per heavy atom. The van der Waals surface area contributed by atoms with Crippen LogP contribution in [0.15, 0.2) is 48.0 Å².